The molecule has 2 rings (SSSR count). The van der Waals surface area contributed by atoms with Crippen LogP contribution in [0.4, 0.5) is 0 Å². The van der Waals surface area contributed by atoms with Crippen LogP contribution in [0.15, 0.2) is 0 Å². The summed E-state index contributed by atoms with van der Waals surface area (Å²) in [4.78, 5) is 10.4. The molecular weight excluding hydrogens is 160 g/mol. The minimum Gasteiger partial charge on any atom is -0.303 e. The molecule has 1 nitrogen and oxygen atoms in total. The Morgan fingerprint density at radius 3 is 2.54 bits per heavy atom. The predicted octanol–water partition coefficient (Wildman–Crippen LogP) is 3.18. The van der Waals surface area contributed by atoms with Crippen LogP contribution in [0.2, 0.25) is 0 Å². The molecule has 13 heavy (non-hydrogen) atoms. The molecule has 0 N–H and O–H groups in total. The van der Waals surface area contributed by atoms with E-state index in [1.165, 1.54) is 44.9 Å². The van der Waals surface area contributed by atoms with Gasteiger partial charge in [-0.2, -0.15) is 0 Å². The smallest absolute Gasteiger partial charge is 0.120 e. The van der Waals surface area contributed by atoms with E-state index in [1.54, 1.807) is 0 Å². The van der Waals surface area contributed by atoms with Crippen LogP contribution < -0.4 is 0 Å². The van der Waals surface area contributed by atoms with Crippen molar-refractivity contribution in [1.29, 1.82) is 0 Å². The molecule has 0 aliphatic heterocycles. The second-order valence-corrected chi connectivity index (χ2v) is 4.89. The Kier molecular flexibility index (Phi) is 3.02. The maximum absolute atomic E-state index is 10.4. The number of hydrogen-bond acceptors (Lipinski definition) is 1. The molecule has 2 fully saturated rings. The highest BCUT2D eigenvalue weighted by atomic mass is 16.1. The van der Waals surface area contributed by atoms with E-state index in [2.05, 4.69) is 0 Å². The third-order valence-electron chi connectivity index (χ3n) is 4.08. The Bertz CT molecular complexity index is 176. The summed E-state index contributed by atoms with van der Waals surface area (Å²) < 4.78 is 0. The van der Waals surface area contributed by atoms with Crippen molar-refractivity contribution in [3.8, 4) is 0 Å². The van der Waals surface area contributed by atoms with Crippen LogP contribution in [-0.2, 0) is 4.79 Å². The summed E-state index contributed by atoms with van der Waals surface area (Å²) in [6.07, 6.45) is 11.8. The number of carbonyl (C=O) groups is 1. The van der Waals surface area contributed by atoms with Crippen molar-refractivity contribution in [3.05, 3.63) is 0 Å². The van der Waals surface area contributed by atoms with Gasteiger partial charge < -0.3 is 4.79 Å². The van der Waals surface area contributed by atoms with Crippen LogP contribution in [0.25, 0.3) is 0 Å². The minimum atomic E-state index is 0.733. The monoisotopic (exact) mass is 180 g/mol. The lowest BCUT2D eigenvalue weighted by atomic mass is 9.67. The van der Waals surface area contributed by atoms with Gasteiger partial charge in [-0.15, -0.1) is 0 Å². The van der Waals surface area contributed by atoms with E-state index in [0.717, 1.165) is 30.5 Å². The van der Waals surface area contributed by atoms with E-state index >= 15 is 0 Å². The zero-order chi connectivity index (χ0) is 9.10. The maximum atomic E-state index is 10.4. The highest BCUT2D eigenvalue weighted by molar-refractivity contribution is 5.49. The molecule has 2 aliphatic carbocycles. The number of fused-ring (bicyclic) bond motifs is 1. The van der Waals surface area contributed by atoms with Gasteiger partial charge in [0.1, 0.15) is 6.29 Å². The Morgan fingerprint density at radius 2 is 1.77 bits per heavy atom. The van der Waals surface area contributed by atoms with E-state index < -0.39 is 0 Å². The number of carbonyl (C=O) groups excluding carboxylic acids is 1. The molecule has 0 aromatic carbocycles. The first-order valence-corrected chi connectivity index (χ1v) is 5.84. The second kappa shape index (κ2) is 4.26. The van der Waals surface area contributed by atoms with Gasteiger partial charge in [-0.3, -0.25) is 0 Å². The Labute approximate surface area is 80.9 Å². The summed E-state index contributed by atoms with van der Waals surface area (Å²) in [7, 11) is 0. The Balaban J connectivity index is 1.87. The first-order valence-electron chi connectivity index (χ1n) is 5.84. The fourth-order valence-corrected chi connectivity index (χ4v) is 3.32. The van der Waals surface area contributed by atoms with E-state index in [4.69, 9.17) is 0 Å². The summed E-state index contributed by atoms with van der Waals surface area (Å²) in [5, 5.41) is 0. The van der Waals surface area contributed by atoms with Crippen LogP contribution in [0.5, 0.6) is 0 Å². The summed E-state index contributed by atoms with van der Waals surface area (Å²) in [5.74, 6) is 2.74. The topological polar surface area (TPSA) is 17.1 Å². The third-order valence-corrected chi connectivity index (χ3v) is 4.08. The van der Waals surface area contributed by atoms with Crippen LogP contribution in [0.3, 0.4) is 0 Å². The lowest BCUT2D eigenvalue weighted by molar-refractivity contribution is -0.109. The molecule has 0 heterocycles. The first kappa shape index (κ1) is 9.23. The molecule has 1 heteroatoms. The average molecular weight is 180 g/mol. The van der Waals surface area contributed by atoms with Gasteiger partial charge >= 0.3 is 0 Å². The van der Waals surface area contributed by atoms with Gasteiger partial charge in [0.2, 0.25) is 0 Å². The van der Waals surface area contributed by atoms with Crippen LogP contribution in [0, 0.1) is 17.8 Å². The molecule has 3 atom stereocenters. The predicted molar refractivity (Wildman–Crippen MR) is 53.5 cm³/mol. The fraction of sp³-hybridized carbons (Fsp3) is 0.917. The molecule has 0 amide bonds. The van der Waals surface area contributed by atoms with E-state index in [-0.39, 0.29) is 0 Å². The lowest BCUT2D eigenvalue weighted by Crippen LogP contribution is -2.27. The molecule has 74 valence electrons. The fourth-order valence-electron chi connectivity index (χ4n) is 3.32. The van der Waals surface area contributed by atoms with Gasteiger partial charge in [-0.05, 0) is 37.0 Å². The molecule has 0 radical (unpaired) electrons. The van der Waals surface area contributed by atoms with Gasteiger partial charge in [-0.1, -0.05) is 25.7 Å². The van der Waals surface area contributed by atoms with Crippen LogP contribution >= 0.6 is 0 Å². The quantitative estimate of drug-likeness (QED) is 0.596. The number of rotatable bonds is 2. The van der Waals surface area contributed by atoms with E-state index in [1.807, 2.05) is 0 Å². The Hall–Kier alpha value is -0.330. The number of hydrogen-bond donors (Lipinski definition) is 0. The molecule has 0 bridgehead atoms. The summed E-state index contributed by atoms with van der Waals surface area (Å²) >= 11 is 0. The van der Waals surface area contributed by atoms with E-state index in [0.29, 0.717) is 0 Å². The van der Waals surface area contributed by atoms with Gasteiger partial charge in [0.25, 0.3) is 0 Å². The molecular formula is C12H20O. The average Bonchev–Trinajstić information content (AvgIpc) is 2.18. The molecule has 0 spiro atoms. The minimum absolute atomic E-state index is 0.733. The zero-order valence-electron chi connectivity index (χ0n) is 8.37. The van der Waals surface area contributed by atoms with Crippen molar-refractivity contribution in [1.82, 2.24) is 0 Å². The van der Waals surface area contributed by atoms with Gasteiger partial charge in [-0.25, -0.2) is 0 Å². The van der Waals surface area contributed by atoms with Gasteiger partial charge in [0.05, 0.1) is 0 Å². The summed E-state index contributed by atoms with van der Waals surface area (Å²) in [5.41, 5.74) is 0. The standard InChI is InChI=1S/C12H20O/c13-8-7-10-5-6-11-3-1-2-4-12(11)9-10/h8,10-12H,1-7,9H2/t10?,11-,12?/m1/s1. The highest BCUT2D eigenvalue weighted by Gasteiger charge is 2.31. The summed E-state index contributed by atoms with van der Waals surface area (Å²) in [6, 6.07) is 0. The van der Waals surface area contributed by atoms with Crippen LogP contribution in [0.1, 0.15) is 51.4 Å². The van der Waals surface area contributed by atoms with Gasteiger partial charge in [0, 0.05) is 6.42 Å². The van der Waals surface area contributed by atoms with Crippen molar-refractivity contribution in [2.75, 3.05) is 0 Å². The molecule has 2 unspecified atom stereocenters. The van der Waals surface area contributed by atoms with Crippen LogP contribution in [-0.4, -0.2) is 6.29 Å². The molecule has 2 aliphatic rings. The molecule has 0 saturated heterocycles. The molecule has 0 aromatic rings. The SMILES string of the molecule is O=CCC1CC[C@H]2CCCCC2C1. The highest BCUT2D eigenvalue weighted by Crippen LogP contribution is 2.43. The zero-order valence-corrected chi connectivity index (χ0v) is 8.37. The van der Waals surface area contributed by atoms with Crippen molar-refractivity contribution >= 4 is 6.29 Å². The molecule has 0 aromatic heterocycles. The largest absolute Gasteiger partial charge is 0.303 e. The lowest BCUT2D eigenvalue weighted by Gasteiger charge is -2.38. The molecule has 2 saturated carbocycles. The summed E-state index contributed by atoms with van der Waals surface area (Å²) in [6.45, 7) is 0. The normalized spacial score (nSPS) is 39.5. The second-order valence-electron chi connectivity index (χ2n) is 4.89. The third kappa shape index (κ3) is 2.12. The maximum Gasteiger partial charge on any atom is 0.120 e. The van der Waals surface area contributed by atoms with Crippen molar-refractivity contribution in [2.45, 2.75) is 51.4 Å². The van der Waals surface area contributed by atoms with Gasteiger partial charge in [0.15, 0.2) is 0 Å². The number of aldehydes is 1. The first-order chi connectivity index (χ1) is 6.40. The Morgan fingerprint density at radius 1 is 1.00 bits per heavy atom. The van der Waals surface area contributed by atoms with Crippen molar-refractivity contribution in [3.63, 3.8) is 0 Å². The van der Waals surface area contributed by atoms with Crippen molar-refractivity contribution < 1.29 is 4.79 Å². The van der Waals surface area contributed by atoms with E-state index in [9.17, 15) is 4.79 Å². The van der Waals surface area contributed by atoms with Crippen molar-refractivity contribution in [2.24, 2.45) is 17.8 Å².